The molecule has 0 spiro atoms. The Balaban J connectivity index is 1.85. The number of carbonyl (C=O) groups excluding carboxylic acids is 1. The SMILES string of the molecule is CN(Cc1ncccn1)C(=O)c1n[nH]c2ccccc12. The summed E-state index contributed by atoms with van der Waals surface area (Å²) >= 11 is 0. The number of nitrogens with one attached hydrogen (secondary N) is 1. The minimum Gasteiger partial charge on any atom is -0.333 e. The molecule has 2 aromatic heterocycles. The number of rotatable bonds is 3. The summed E-state index contributed by atoms with van der Waals surface area (Å²) in [7, 11) is 1.71. The fraction of sp³-hybridized carbons (Fsp3) is 0.143. The molecule has 0 radical (unpaired) electrons. The molecule has 6 heteroatoms. The zero-order valence-electron chi connectivity index (χ0n) is 10.9. The van der Waals surface area contributed by atoms with Gasteiger partial charge >= 0.3 is 0 Å². The number of para-hydroxylation sites is 1. The van der Waals surface area contributed by atoms with Gasteiger partial charge in [-0.15, -0.1) is 0 Å². The van der Waals surface area contributed by atoms with Gasteiger partial charge in [0.25, 0.3) is 5.91 Å². The van der Waals surface area contributed by atoms with Crippen LogP contribution in [0, 0.1) is 0 Å². The molecule has 0 aliphatic carbocycles. The van der Waals surface area contributed by atoms with Crippen LogP contribution < -0.4 is 0 Å². The van der Waals surface area contributed by atoms with E-state index in [1.807, 2.05) is 24.3 Å². The second-order valence-electron chi connectivity index (χ2n) is 4.44. The Morgan fingerprint density at radius 1 is 1.20 bits per heavy atom. The number of carbonyl (C=O) groups is 1. The number of fused-ring (bicyclic) bond motifs is 1. The first-order chi connectivity index (χ1) is 9.75. The van der Waals surface area contributed by atoms with E-state index < -0.39 is 0 Å². The molecule has 20 heavy (non-hydrogen) atoms. The number of nitrogens with zero attached hydrogens (tertiary/aromatic N) is 4. The molecule has 100 valence electrons. The predicted octanol–water partition coefficient (Wildman–Crippen LogP) is 1.63. The second kappa shape index (κ2) is 5.08. The molecule has 1 N–H and O–H groups in total. The Morgan fingerprint density at radius 3 is 2.75 bits per heavy atom. The molecule has 6 nitrogen and oxygen atoms in total. The van der Waals surface area contributed by atoms with E-state index in [1.54, 1.807) is 30.4 Å². The standard InChI is InChI=1S/C14H13N5O/c1-19(9-12-15-7-4-8-16-12)14(20)13-10-5-2-3-6-11(10)17-18-13/h2-8H,9H2,1H3,(H,17,18). The molecule has 0 aliphatic heterocycles. The lowest BCUT2D eigenvalue weighted by Crippen LogP contribution is -2.27. The van der Waals surface area contributed by atoms with Crippen LogP contribution in [0.4, 0.5) is 0 Å². The number of H-pyrrole nitrogens is 1. The van der Waals surface area contributed by atoms with Gasteiger partial charge in [0.1, 0.15) is 5.82 Å². The van der Waals surface area contributed by atoms with Crippen LogP contribution in [0.25, 0.3) is 10.9 Å². The summed E-state index contributed by atoms with van der Waals surface area (Å²) < 4.78 is 0. The highest BCUT2D eigenvalue weighted by Crippen LogP contribution is 2.16. The highest BCUT2D eigenvalue weighted by atomic mass is 16.2. The normalized spacial score (nSPS) is 10.7. The fourth-order valence-corrected chi connectivity index (χ4v) is 2.00. The minimum atomic E-state index is -0.157. The van der Waals surface area contributed by atoms with Crippen molar-refractivity contribution in [2.75, 3.05) is 7.05 Å². The number of aromatic nitrogens is 4. The smallest absolute Gasteiger partial charge is 0.275 e. The molecule has 0 fully saturated rings. The Labute approximate surface area is 115 Å². The van der Waals surface area contributed by atoms with Crippen LogP contribution in [0.15, 0.2) is 42.7 Å². The van der Waals surface area contributed by atoms with Crippen LogP contribution in [0.1, 0.15) is 16.3 Å². The largest absolute Gasteiger partial charge is 0.333 e. The maximum absolute atomic E-state index is 12.4. The van der Waals surface area contributed by atoms with Gasteiger partial charge in [-0.25, -0.2) is 9.97 Å². The molecule has 1 aromatic carbocycles. The summed E-state index contributed by atoms with van der Waals surface area (Å²) in [5.41, 5.74) is 1.26. The van der Waals surface area contributed by atoms with Crippen LogP contribution in [-0.2, 0) is 6.54 Å². The fourth-order valence-electron chi connectivity index (χ4n) is 2.00. The van der Waals surface area contributed by atoms with Crippen LogP contribution in [0.3, 0.4) is 0 Å². The third kappa shape index (κ3) is 2.23. The van der Waals surface area contributed by atoms with Gasteiger partial charge in [-0.05, 0) is 12.1 Å². The molecule has 0 saturated heterocycles. The third-order valence-corrected chi connectivity index (χ3v) is 3.02. The van der Waals surface area contributed by atoms with E-state index in [1.165, 1.54) is 0 Å². The summed E-state index contributed by atoms with van der Waals surface area (Å²) in [5.74, 6) is 0.443. The Kier molecular flexibility index (Phi) is 3.12. The third-order valence-electron chi connectivity index (χ3n) is 3.02. The zero-order valence-corrected chi connectivity index (χ0v) is 10.9. The molecular formula is C14H13N5O. The van der Waals surface area contributed by atoms with Crippen LogP contribution in [0.5, 0.6) is 0 Å². The van der Waals surface area contributed by atoms with Gasteiger partial charge in [-0.3, -0.25) is 9.89 Å². The average Bonchev–Trinajstić information content (AvgIpc) is 2.91. The molecule has 3 aromatic rings. The van der Waals surface area contributed by atoms with Crippen molar-refractivity contribution in [1.82, 2.24) is 25.1 Å². The van der Waals surface area contributed by atoms with Crippen molar-refractivity contribution in [2.24, 2.45) is 0 Å². The molecule has 0 saturated carbocycles. The van der Waals surface area contributed by atoms with Gasteiger partial charge in [-0.2, -0.15) is 5.10 Å². The topological polar surface area (TPSA) is 74.8 Å². The second-order valence-corrected chi connectivity index (χ2v) is 4.44. The van der Waals surface area contributed by atoms with E-state index in [0.717, 1.165) is 10.9 Å². The predicted molar refractivity (Wildman–Crippen MR) is 73.9 cm³/mol. The van der Waals surface area contributed by atoms with Gasteiger partial charge in [0, 0.05) is 24.8 Å². The summed E-state index contributed by atoms with van der Waals surface area (Å²) in [6, 6.07) is 9.29. The van der Waals surface area contributed by atoms with Crippen molar-refractivity contribution in [3.05, 3.63) is 54.2 Å². The number of amides is 1. The highest BCUT2D eigenvalue weighted by molar-refractivity contribution is 6.04. The molecule has 1 amide bonds. The molecule has 0 aliphatic rings. The molecular weight excluding hydrogens is 254 g/mol. The van der Waals surface area contributed by atoms with Gasteiger partial charge in [-0.1, -0.05) is 18.2 Å². The number of hydrogen-bond donors (Lipinski definition) is 1. The van der Waals surface area contributed by atoms with Crippen LogP contribution in [-0.4, -0.2) is 38.0 Å². The molecule has 2 heterocycles. The first-order valence-corrected chi connectivity index (χ1v) is 6.20. The lowest BCUT2D eigenvalue weighted by molar-refractivity contribution is 0.0777. The van der Waals surface area contributed by atoms with Crippen molar-refractivity contribution in [1.29, 1.82) is 0 Å². The number of benzene rings is 1. The molecule has 0 atom stereocenters. The molecule has 0 bridgehead atoms. The minimum absolute atomic E-state index is 0.157. The van der Waals surface area contributed by atoms with Crippen molar-refractivity contribution >= 4 is 16.8 Å². The number of aromatic amines is 1. The maximum Gasteiger partial charge on any atom is 0.275 e. The van der Waals surface area contributed by atoms with E-state index in [0.29, 0.717) is 18.1 Å². The highest BCUT2D eigenvalue weighted by Gasteiger charge is 2.18. The molecule has 0 unspecified atom stereocenters. The number of hydrogen-bond acceptors (Lipinski definition) is 4. The first kappa shape index (κ1) is 12.3. The summed E-state index contributed by atoms with van der Waals surface area (Å²) in [5, 5.41) is 7.78. The maximum atomic E-state index is 12.4. The van der Waals surface area contributed by atoms with Crippen molar-refractivity contribution in [3.8, 4) is 0 Å². The Bertz CT molecular complexity index is 737. The van der Waals surface area contributed by atoms with E-state index in [2.05, 4.69) is 20.2 Å². The van der Waals surface area contributed by atoms with Gasteiger partial charge in [0.15, 0.2) is 5.69 Å². The summed E-state index contributed by atoms with van der Waals surface area (Å²) in [6.45, 7) is 0.348. The van der Waals surface area contributed by atoms with Gasteiger partial charge < -0.3 is 4.90 Å². The van der Waals surface area contributed by atoms with Crippen molar-refractivity contribution in [2.45, 2.75) is 6.54 Å². The Hall–Kier alpha value is -2.76. The van der Waals surface area contributed by atoms with Gasteiger partial charge in [0.05, 0.1) is 12.1 Å². The van der Waals surface area contributed by atoms with E-state index in [-0.39, 0.29) is 5.91 Å². The zero-order chi connectivity index (χ0) is 13.9. The van der Waals surface area contributed by atoms with Crippen molar-refractivity contribution in [3.63, 3.8) is 0 Å². The summed E-state index contributed by atoms with van der Waals surface area (Å²) in [6.07, 6.45) is 3.31. The van der Waals surface area contributed by atoms with Crippen LogP contribution in [0.2, 0.25) is 0 Å². The van der Waals surface area contributed by atoms with E-state index in [4.69, 9.17) is 0 Å². The monoisotopic (exact) mass is 267 g/mol. The lowest BCUT2D eigenvalue weighted by Gasteiger charge is -2.14. The quantitative estimate of drug-likeness (QED) is 0.782. The summed E-state index contributed by atoms with van der Waals surface area (Å²) in [4.78, 5) is 22.2. The van der Waals surface area contributed by atoms with Gasteiger partial charge in [0.2, 0.25) is 0 Å². The Morgan fingerprint density at radius 2 is 1.95 bits per heavy atom. The molecule has 3 rings (SSSR count). The van der Waals surface area contributed by atoms with E-state index in [9.17, 15) is 4.79 Å². The van der Waals surface area contributed by atoms with Crippen molar-refractivity contribution < 1.29 is 4.79 Å². The van der Waals surface area contributed by atoms with E-state index >= 15 is 0 Å². The lowest BCUT2D eigenvalue weighted by atomic mass is 10.2. The average molecular weight is 267 g/mol. The van der Waals surface area contributed by atoms with Crippen LogP contribution >= 0.6 is 0 Å². The first-order valence-electron chi connectivity index (χ1n) is 6.20.